The number of nitrogens with one attached hydrogen (secondary N) is 1. The van der Waals surface area contributed by atoms with Crippen LogP contribution in [-0.4, -0.2) is 49.1 Å². The summed E-state index contributed by atoms with van der Waals surface area (Å²) >= 11 is 0. The molecule has 2 heterocycles. The first-order valence-corrected chi connectivity index (χ1v) is 12.4. The number of piperidine rings is 1. The van der Waals surface area contributed by atoms with Crippen molar-refractivity contribution in [1.82, 2.24) is 9.62 Å². The molecule has 172 valence electrons. The van der Waals surface area contributed by atoms with Gasteiger partial charge in [-0.25, -0.2) is 26.3 Å². The second-order valence-electron chi connectivity index (χ2n) is 9.03. The van der Waals surface area contributed by atoms with E-state index in [4.69, 9.17) is 5.73 Å². The van der Waals surface area contributed by atoms with Crippen LogP contribution in [0.4, 0.5) is 13.2 Å². The lowest BCUT2D eigenvalue weighted by atomic mass is 9.82. The molecule has 0 radical (unpaired) electrons. The zero-order chi connectivity index (χ0) is 22.3. The van der Waals surface area contributed by atoms with Crippen molar-refractivity contribution in [2.45, 2.75) is 74.7 Å². The molecule has 3 N–H and O–H groups in total. The SMILES string of the molecule is NC(Cc1cc(F)c(F)cc1F)C1CC2CCC(C1)N2C(=O)CCNS(=O)(=O)C1CC1. The van der Waals surface area contributed by atoms with Crippen LogP contribution in [0.3, 0.4) is 0 Å². The third-order valence-corrected chi connectivity index (χ3v) is 8.77. The number of halogens is 3. The molecule has 6 nitrogen and oxygen atoms in total. The first-order valence-electron chi connectivity index (χ1n) is 10.8. The van der Waals surface area contributed by atoms with Crippen molar-refractivity contribution in [3.05, 3.63) is 35.1 Å². The smallest absolute Gasteiger partial charge is 0.224 e. The van der Waals surface area contributed by atoms with Gasteiger partial charge >= 0.3 is 0 Å². The Morgan fingerprint density at radius 3 is 2.29 bits per heavy atom. The van der Waals surface area contributed by atoms with Crippen molar-refractivity contribution in [2.75, 3.05) is 6.54 Å². The fourth-order valence-corrected chi connectivity index (χ4v) is 6.42. The van der Waals surface area contributed by atoms with Gasteiger partial charge in [0, 0.05) is 37.2 Å². The molecule has 0 spiro atoms. The minimum absolute atomic E-state index is 0.0251. The minimum Gasteiger partial charge on any atom is -0.337 e. The van der Waals surface area contributed by atoms with Crippen molar-refractivity contribution in [3.8, 4) is 0 Å². The number of hydrogen-bond donors (Lipinski definition) is 2. The molecule has 3 aliphatic rings. The Balaban J connectivity index is 1.32. The molecular weight excluding hydrogens is 431 g/mol. The zero-order valence-corrected chi connectivity index (χ0v) is 18.0. The number of fused-ring (bicyclic) bond motifs is 2. The standard InChI is InChI=1S/C21H28F3N3O3S/c22-17-11-19(24)18(23)9-12(17)10-20(25)13-7-14-1-2-15(8-13)27(14)21(28)5-6-26-31(29,30)16-3-4-16/h9,11,13-16,20,26H,1-8,10,25H2. The van der Waals surface area contributed by atoms with Crippen molar-refractivity contribution in [2.24, 2.45) is 11.7 Å². The van der Waals surface area contributed by atoms with Gasteiger partial charge in [0.05, 0.1) is 5.25 Å². The molecule has 1 amide bonds. The maximum Gasteiger partial charge on any atom is 0.224 e. The van der Waals surface area contributed by atoms with Crippen LogP contribution >= 0.6 is 0 Å². The van der Waals surface area contributed by atoms with Gasteiger partial charge in [0.1, 0.15) is 5.82 Å². The van der Waals surface area contributed by atoms with Crippen molar-refractivity contribution in [1.29, 1.82) is 0 Å². The summed E-state index contributed by atoms with van der Waals surface area (Å²) in [5.41, 5.74) is 6.37. The van der Waals surface area contributed by atoms with E-state index in [-0.39, 0.29) is 54.1 Å². The molecule has 31 heavy (non-hydrogen) atoms. The third-order valence-electron chi connectivity index (χ3n) is 6.81. The number of benzene rings is 1. The molecular formula is C21H28F3N3O3S. The average molecular weight is 460 g/mol. The van der Waals surface area contributed by atoms with Crippen molar-refractivity contribution in [3.63, 3.8) is 0 Å². The molecule has 1 aromatic rings. The Bertz CT molecular complexity index is 941. The van der Waals surface area contributed by atoms with Gasteiger partial charge in [-0.3, -0.25) is 4.79 Å². The highest BCUT2D eigenvalue weighted by Crippen LogP contribution is 2.40. The van der Waals surface area contributed by atoms with Crippen molar-refractivity contribution >= 4 is 15.9 Å². The van der Waals surface area contributed by atoms with Gasteiger partial charge in [0.15, 0.2) is 11.6 Å². The second kappa shape index (κ2) is 8.71. The monoisotopic (exact) mass is 459 g/mol. The van der Waals surface area contributed by atoms with Gasteiger partial charge in [-0.15, -0.1) is 0 Å². The van der Waals surface area contributed by atoms with Crippen LogP contribution in [0.15, 0.2) is 12.1 Å². The maximum atomic E-state index is 14.0. The molecule has 10 heteroatoms. The molecule has 2 saturated heterocycles. The van der Waals surface area contributed by atoms with Crippen LogP contribution in [0.2, 0.25) is 0 Å². The number of carbonyl (C=O) groups is 1. The highest BCUT2D eigenvalue weighted by Gasteiger charge is 2.44. The zero-order valence-electron chi connectivity index (χ0n) is 17.2. The van der Waals surface area contributed by atoms with Crippen LogP contribution in [-0.2, 0) is 21.2 Å². The van der Waals surface area contributed by atoms with Gasteiger partial charge < -0.3 is 10.6 Å². The second-order valence-corrected chi connectivity index (χ2v) is 11.1. The summed E-state index contributed by atoms with van der Waals surface area (Å²) in [5.74, 6) is -3.15. The topological polar surface area (TPSA) is 92.5 Å². The number of amides is 1. The van der Waals surface area contributed by atoms with E-state index < -0.39 is 33.5 Å². The van der Waals surface area contributed by atoms with Gasteiger partial charge in [0.25, 0.3) is 0 Å². The lowest BCUT2D eigenvalue weighted by molar-refractivity contribution is -0.136. The van der Waals surface area contributed by atoms with E-state index in [1.807, 2.05) is 4.90 Å². The number of nitrogens with zero attached hydrogens (tertiary/aromatic N) is 1. The Labute approximate surface area is 180 Å². The number of nitrogens with two attached hydrogens (primary N) is 1. The highest BCUT2D eigenvalue weighted by atomic mass is 32.2. The van der Waals surface area contributed by atoms with E-state index >= 15 is 0 Å². The molecule has 2 aliphatic heterocycles. The largest absolute Gasteiger partial charge is 0.337 e. The number of sulfonamides is 1. The van der Waals surface area contributed by atoms with Crippen LogP contribution in [0.5, 0.6) is 0 Å². The minimum atomic E-state index is -3.30. The van der Waals surface area contributed by atoms with Gasteiger partial charge in [-0.05, 0) is 62.5 Å². The van der Waals surface area contributed by atoms with Crippen LogP contribution in [0, 0.1) is 23.4 Å². The Morgan fingerprint density at radius 1 is 1.06 bits per heavy atom. The molecule has 4 rings (SSSR count). The lowest BCUT2D eigenvalue weighted by Gasteiger charge is -2.41. The molecule has 3 unspecified atom stereocenters. The highest BCUT2D eigenvalue weighted by molar-refractivity contribution is 7.90. The molecule has 1 aromatic carbocycles. The molecule has 1 aliphatic carbocycles. The summed E-state index contributed by atoms with van der Waals surface area (Å²) in [6, 6.07) is 1.03. The molecule has 3 fully saturated rings. The normalized spacial score (nSPS) is 26.8. The summed E-state index contributed by atoms with van der Waals surface area (Å²) in [6.45, 7) is 0.103. The molecule has 0 aromatic heterocycles. The summed E-state index contributed by atoms with van der Waals surface area (Å²) in [5, 5.41) is -0.310. The summed E-state index contributed by atoms with van der Waals surface area (Å²) in [4.78, 5) is 14.6. The lowest BCUT2D eigenvalue weighted by Crippen LogP contribution is -2.50. The maximum absolute atomic E-state index is 14.0. The third kappa shape index (κ3) is 4.90. The van der Waals surface area contributed by atoms with E-state index in [1.54, 1.807) is 0 Å². The summed E-state index contributed by atoms with van der Waals surface area (Å²) in [6.07, 6.45) is 4.62. The fraction of sp³-hybridized carbons (Fsp3) is 0.667. The summed E-state index contributed by atoms with van der Waals surface area (Å²) < 4.78 is 66.9. The first-order chi connectivity index (χ1) is 14.7. The number of carbonyl (C=O) groups excluding carboxylic acids is 1. The quantitative estimate of drug-likeness (QED) is 0.583. The van der Waals surface area contributed by atoms with Crippen LogP contribution < -0.4 is 10.5 Å². The molecule has 3 atom stereocenters. The van der Waals surface area contributed by atoms with E-state index in [1.165, 1.54) is 0 Å². The van der Waals surface area contributed by atoms with E-state index in [2.05, 4.69) is 4.72 Å². The Hall–Kier alpha value is -1.65. The first kappa shape index (κ1) is 22.5. The van der Waals surface area contributed by atoms with E-state index in [0.717, 1.165) is 18.9 Å². The van der Waals surface area contributed by atoms with Crippen molar-refractivity contribution < 1.29 is 26.4 Å². The number of hydrogen-bond acceptors (Lipinski definition) is 4. The van der Waals surface area contributed by atoms with Gasteiger partial charge in [-0.1, -0.05) is 0 Å². The predicted octanol–water partition coefficient (Wildman–Crippen LogP) is 2.22. The molecule has 1 saturated carbocycles. The average Bonchev–Trinajstić information content (AvgIpc) is 3.52. The predicted molar refractivity (Wildman–Crippen MR) is 109 cm³/mol. The summed E-state index contributed by atoms with van der Waals surface area (Å²) in [7, 11) is -3.30. The van der Waals surface area contributed by atoms with E-state index in [0.29, 0.717) is 31.7 Å². The Morgan fingerprint density at radius 2 is 1.68 bits per heavy atom. The van der Waals surface area contributed by atoms with Crippen LogP contribution in [0.1, 0.15) is 50.5 Å². The fourth-order valence-electron chi connectivity index (χ4n) is 5.04. The van der Waals surface area contributed by atoms with Gasteiger partial charge in [0.2, 0.25) is 15.9 Å². The van der Waals surface area contributed by atoms with Gasteiger partial charge in [-0.2, -0.15) is 0 Å². The van der Waals surface area contributed by atoms with Crippen LogP contribution in [0.25, 0.3) is 0 Å². The van der Waals surface area contributed by atoms with E-state index in [9.17, 15) is 26.4 Å². The molecule has 2 bridgehead atoms. The Kier molecular flexibility index (Phi) is 6.33. The number of rotatable bonds is 8.